The third-order valence-electron chi connectivity index (χ3n) is 4.65. The van der Waals surface area contributed by atoms with Crippen LogP contribution in [-0.2, 0) is 0 Å². The monoisotopic (exact) mass is 265 g/mol. The Balaban J connectivity index is 1.72. The highest BCUT2D eigenvalue weighted by atomic mass is 35.5. The number of aromatic nitrogens is 2. The number of anilines is 1. The first kappa shape index (κ1) is 12.2. The van der Waals surface area contributed by atoms with Crippen LogP contribution in [0.2, 0.25) is 5.15 Å². The number of rotatable bonds is 2. The summed E-state index contributed by atoms with van der Waals surface area (Å²) in [5, 5.41) is 12.0. The Morgan fingerprint density at radius 1 is 1.17 bits per heavy atom. The maximum atomic E-state index is 5.75. The van der Waals surface area contributed by atoms with Gasteiger partial charge in [-0.3, -0.25) is 0 Å². The summed E-state index contributed by atoms with van der Waals surface area (Å²) in [4.78, 5) is 0. The molecule has 1 heterocycles. The van der Waals surface area contributed by atoms with Crippen molar-refractivity contribution in [1.82, 2.24) is 10.2 Å². The van der Waals surface area contributed by atoms with E-state index in [1.165, 1.54) is 32.1 Å². The van der Waals surface area contributed by atoms with Crippen LogP contribution in [0.4, 0.5) is 5.82 Å². The molecule has 3 rings (SSSR count). The van der Waals surface area contributed by atoms with Gasteiger partial charge in [0.05, 0.1) is 0 Å². The van der Waals surface area contributed by atoms with Gasteiger partial charge in [-0.05, 0) is 55.1 Å². The summed E-state index contributed by atoms with van der Waals surface area (Å²) < 4.78 is 0. The number of nitrogens with zero attached hydrogens (tertiary/aromatic N) is 2. The molecule has 0 amide bonds. The summed E-state index contributed by atoms with van der Waals surface area (Å²) in [6, 6.07) is 4.22. The molecule has 2 aliphatic rings. The first-order chi connectivity index (χ1) is 8.46. The van der Waals surface area contributed by atoms with E-state index in [1.807, 2.05) is 6.07 Å². The summed E-state index contributed by atoms with van der Waals surface area (Å²) >= 11 is 5.75. The van der Waals surface area contributed by atoms with Crippen molar-refractivity contribution >= 4 is 17.4 Å². The van der Waals surface area contributed by atoms with Gasteiger partial charge in [0.15, 0.2) is 5.15 Å². The largest absolute Gasteiger partial charge is 0.366 e. The van der Waals surface area contributed by atoms with Gasteiger partial charge in [-0.2, -0.15) is 0 Å². The van der Waals surface area contributed by atoms with Gasteiger partial charge in [-0.1, -0.05) is 25.4 Å². The first-order valence-corrected chi connectivity index (χ1v) is 7.10. The highest BCUT2D eigenvalue weighted by Gasteiger charge is 2.48. The lowest BCUT2D eigenvalue weighted by Crippen LogP contribution is -2.37. The number of hydrogen-bond acceptors (Lipinski definition) is 3. The Labute approximate surface area is 113 Å². The SMILES string of the molecule is C[C@]12CC[C@](C)(C[C@@H](Nc3ccc(Cl)nn3)C1)C2. The Bertz CT molecular complexity index is 429. The minimum atomic E-state index is 0.447. The molecule has 0 radical (unpaired) electrons. The van der Waals surface area contributed by atoms with Gasteiger partial charge in [-0.15, -0.1) is 10.2 Å². The average Bonchev–Trinajstić information content (AvgIpc) is 2.51. The fourth-order valence-electron chi connectivity index (χ4n) is 4.13. The van der Waals surface area contributed by atoms with Crippen molar-refractivity contribution in [2.75, 3.05) is 5.32 Å². The third kappa shape index (κ3) is 2.33. The van der Waals surface area contributed by atoms with Crippen LogP contribution in [0.25, 0.3) is 0 Å². The smallest absolute Gasteiger partial charge is 0.151 e. The molecule has 4 heteroatoms. The fourth-order valence-corrected chi connectivity index (χ4v) is 4.23. The zero-order valence-electron chi connectivity index (χ0n) is 11.0. The Hall–Kier alpha value is -0.830. The Morgan fingerprint density at radius 3 is 2.39 bits per heavy atom. The molecular formula is C14H20ClN3. The second kappa shape index (κ2) is 4.09. The molecule has 0 saturated heterocycles. The lowest BCUT2D eigenvalue weighted by Gasteiger charge is -2.40. The van der Waals surface area contributed by atoms with Gasteiger partial charge >= 0.3 is 0 Å². The summed E-state index contributed by atoms with van der Waals surface area (Å²) in [6.45, 7) is 4.86. The van der Waals surface area contributed by atoms with Crippen molar-refractivity contribution in [2.45, 2.75) is 52.0 Å². The maximum absolute atomic E-state index is 5.75. The van der Waals surface area contributed by atoms with E-state index >= 15 is 0 Å². The number of hydrogen-bond donors (Lipinski definition) is 1. The lowest BCUT2D eigenvalue weighted by atomic mass is 9.69. The van der Waals surface area contributed by atoms with E-state index in [0.717, 1.165) is 5.82 Å². The summed E-state index contributed by atoms with van der Waals surface area (Å²) in [5.41, 5.74) is 1.04. The van der Waals surface area contributed by atoms with Crippen molar-refractivity contribution in [2.24, 2.45) is 10.8 Å². The molecule has 0 aromatic carbocycles. The predicted molar refractivity (Wildman–Crippen MR) is 73.8 cm³/mol. The molecule has 3 atom stereocenters. The van der Waals surface area contributed by atoms with Crippen molar-refractivity contribution in [1.29, 1.82) is 0 Å². The minimum absolute atomic E-state index is 0.447. The number of fused-ring (bicyclic) bond motifs is 2. The molecule has 1 aromatic heterocycles. The van der Waals surface area contributed by atoms with E-state index < -0.39 is 0 Å². The molecule has 0 aliphatic heterocycles. The average molecular weight is 266 g/mol. The van der Waals surface area contributed by atoms with Crippen LogP contribution in [0.3, 0.4) is 0 Å². The van der Waals surface area contributed by atoms with E-state index in [-0.39, 0.29) is 0 Å². The van der Waals surface area contributed by atoms with E-state index in [9.17, 15) is 0 Å². The molecule has 98 valence electrons. The summed E-state index contributed by atoms with van der Waals surface area (Å²) in [5.74, 6) is 0.845. The topological polar surface area (TPSA) is 37.8 Å². The van der Waals surface area contributed by atoms with Crippen LogP contribution in [-0.4, -0.2) is 16.2 Å². The Kier molecular flexibility index (Phi) is 2.77. The van der Waals surface area contributed by atoms with Gasteiger partial charge in [0.1, 0.15) is 5.82 Å². The fraction of sp³-hybridized carbons (Fsp3) is 0.714. The van der Waals surface area contributed by atoms with Crippen LogP contribution in [0.5, 0.6) is 0 Å². The highest BCUT2D eigenvalue weighted by Crippen LogP contribution is 2.58. The quantitative estimate of drug-likeness (QED) is 0.881. The predicted octanol–water partition coefficient (Wildman–Crippen LogP) is 3.90. The zero-order chi connectivity index (χ0) is 12.8. The Morgan fingerprint density at radius 2 is 1.83 bits per heavy atom. The van der Waals surface area contributed by atoms with Crippen molar-refractivity contribution in [3.05, 3.63) is 17.3 Å². The normalized spacial score (nSPS) is 38.7. The van der Waals surface area contributed by atoms with Gasteiger partial charge in [0.25, 0.3) is 0 Å². The van der Waals surface area contributed by atoms with Crippen LogP contribution in [0.15, 0.2) is 12.1 Å². The molecule has 1 aromatic rings. The van der Waals surface area contributed by atoms with Crippen LogP contribution >= 0.6 is 11.6 Å². The lowest BCUT2D eigenvalue weighted by molar-refractivity contribution is 0.158. The second-order valence-corrected chi connectivity index (χ2v) is 7.18. The molecule has 2 saturated carbocycles. The molecule has 3 nitrogen and oxygen atoms in total. The standard InChI is InChI=1S/C14H20ClN3/c1-13-5-6-14(2,9-13)8-10(7-13)16-12-4-3-11(15)17-18-12/h3-4,10H,5-9H2,1-2H3,(H,16,18)/t10-,13-,14+. The highest BCUT2D eigenvalue weighted by molar-refractivity contribution is 6.29. The molecular weight excluding hydrogens is 246 g/mol. The van der Waals surface area contributed by atoms with E-state index in [1.54, 1.807) is 6.07 Å². The molecule has 2 bridgehead atoms. The minimum Gasteiger partial charge on any atom is -0.366 e. The van der Waals surface area contributed by atoms with Gasteiger partial charge in [-0.25, -0.2) is 0 Å². The summed E-state index contributed by atoms with van der Waals surface area (Å²) in [7, 11) is 0. The van der Waals surface area contributed by atoms with Crippen LogP contribution in [0, 0.1) is 10.8 Å². The number of nitrogens with one attached hydrogen (secondary N) is 1. The van der Waals surface area contributed by atoms with E-state index in [4.69, 9.17) is 11.6 Å². The molecule has 1 N–H and O–H groups in total. The van der Waals surface area contributed by atoms with Crippen LogP contribution < -0.4 is 5.32 Å². The van der Waals surface area contributed by atoms with E-state index in [0.29, 0.717) is 22.0 Å². The summed E-state index contributed by atoms with van der Waals surface area (Å²) in [6.07, 6.45) is 6.60. The van der Waals surface area contributed by atoms with E-state index in [2.05, 4.69) is 29.4 Å². The van der Waals surface area contributed by atoms with Gasteiger partial charge in [0.2, 0.25) is 0 Å². The van der Waals surface area contributed by atoms with Gasteiger partial charge in [0, 0.05) is 6.04 Å². The molecule has 2 fully saturated rings. The zero-order valence-corrected chi connectivity index (χ0v) is 11.8. The van der Waals surface area contributed by atoms with Crippen molar-refractivity contribution in [3.63, 3.8) is 0 Å². The molecule has 2 aliphatic carbocycles. The molecule has 0 spiro atoms. The van der Waals surface area contributed by atoms with Gasteiger partial charge < -0.3 is 5.32 Å². The van der Waals surface area contributed by atoms with Crippen molar-refractivity contribution < 1.29 is 0 Å². The first-order valence-electron chi connectivity index (χ1n) is 6.72. The maximum Gasteiger partial charge on any atom is 0.151 e. The van der Waals surface area contributed by atoms with Crippen molar-refractivity contribution in [3.8, 4) is 0 Å². The molecule has 0 unspecified atom stereocenters. The second-order valence-electron chi connectivity index (χ2n) is 6.79. The molecule has 18 heavy (non-hydrogen) atoms. The number of halogens is 1. The third-order valence-corrected chi connectivity index (χ3v) is 4.85. The van der Waals surface area contributed by atoms with Crippen LogP contribution in [0.1, 0.15) is 46.0 Å².